The van der Waals surface area contributed by atoms with Crippen molar-refractivity contribution in [2.24, 2.45) is 0 Å². The lowest BCUT2D eigenvalue weighted by molar-refractivity contribution is 0.571. The van der Waals surface area contributed by atoms with Gasteiger partial charge in [0.2, 0.25) is 0 Å². The van der Waals surface area contributed by atoms with Crippen molar-refractivity contribution in [1.82, 2.24) is 9.97 Å². The van der Waals surface area contributed by atoms with E-state index in [1.165, 1.54) is 0 Å². The van der Waals surface area contributed by atoms with E-state index in [9.17, 15) is 0 Å². The molecular weight excluding hydrogens is 254 g/mol. The predicted octanol–water partition coefficient (Wildman–Crippen LogP) is 3.86. The van der Waals surface area contributed by atoms with Gasteiger partial charge in [0.1, 0.15) is 0 Å². The van der Waals surface area contributed by atoms with Crippen molar-refractivity contribution >= 4 is 17.0 Å². The second-order valence-corrected chi connectivity index (χ2v) is 6.56. The standard InChI is InChI=1S/C15H21N3S/c1-5-16-11-6-7-17-12(8-11)9-14-18-13(10-19-14)15(2,3)4/h6-8,10H,5,9H2,1-4H3,(H,16,17). The molecule has 0 atom stereocenters. The Hall–Kier alpha value is -1.42. The highest BCUT2D eigenvalue weighted by Crippen LogP contribution is 2.25. The maximum atomic E-state index is 4.71. The lowest BCUT2D eigenvalue weighted by atomic mass is 9.93. The molecule has 0 aliphatic carbocycles. The first-order valence-electron chi connectivity index (χ1n) is 6.62. The monoisotopic (exact) mass is 275 g/mol. The summed E-state index contributed by atoms with van der Waals surface area (Å²) in [5.41, 5.74) is 3.47. The van der Waals surface area contributed by atoms with E-state index in [1.807, 2.05) is 12.3 Å². The Morgan fingerprint density at radius 3 is 2.74 bits per heavy atom. The van der Waals surface area contributed by atoms with Gasteiger partial charge in [-0.15, -0.1) is 11.3 Å². The third-order valence-corrected chi connectivity index (χ3v) is 3.70. The summed E-state index contributed by atoms with van der Waals surface area (Å²) in [7, 11) is 0. The Kier molecular flexibility index (Phi) is 4.20. The number of rotatable bonds is 4. The largest absolute Gasteiger partial charge is 0.385 e. The predicted molar refractivity (Wildman–Crippen MR) is 82.0 cm³/mol. The molecule has 0 saturated heterocycles. The van der Waals surface area contributed by atoms with Gasteiger partial charge < -0.3 is 5.32 Å². The minimum Gasteiger partial charge on any atom is -0.385 e. The molecule has 4 heteroatoms. The number of hydrogen-bond donors (Lipinski definition) is 1. The third-order valence-electron chi connectivity index (χ3n) is 2.85. The second-order valence-electron chi connectivity index (χ2n) is 5.62. The average Bonchev–Trinajstić information content (AvgIpc) is 2.78. The van der Waals surface area contributed by atoms with Gasteiger partial charge in [-0.25, -0.2) is 4.98 Å². The van der Waals surface area contributed by atoms with Crippen molar-refractivity contribution in [3.63, 3.8) is 0 Å². The molecular formula is C15H21N3S. The number of anilines is 1. The van der Waals surface area contributed by atoms with Crippen LogP contribution in [0.1, 0.15) is 44.1 Å². The Bertz CT molecular complexity index is 540. The summed E-state index contributed by atoms with van der Waals surface area (Å²) in [6, 6.07) is 4.09. The molecule has 2 aromatic rings. The fourth-order valence-corrected chi connectivity index (χ4v) is 2.82. The highest BCUT2D eigenvalue weighted by molar-refractivity contribution is 7.09. The molecule has 19 heavy (non-hydrogen) atoms. The summed E-state index contributed by atoms with van der Waals surface area (Å²) < 4.78 is 0. The average molecular weight is 275 g/mol. The van der Waals surface area contributed by atoms with Crippen LogP contribution >= 0.6 is 11.3 Å². The van der Waals surface area contributed by atoms with Gasteiger partial charge in [0, 0.05) is 41.3 Å². The Labute approximate surface area is 119 Å². The molecule has 2 aromatic heterocycles. The summed E-state index contributed by atoms with van der Waals surface area (Å²) in [4.78, 5) is 9.13. The molecule has 0 fully saturated rings. The van der Waals surface area contributed by atoms with Crippen LogP contribution in [0.25, 0.3) is 0 Å². The van der Waals surface area contributed by atoms with Crippen molar-refractivity contribution in [2.75, 3.05) is 11.9 Å². The zero-order valence-electron chi connectivity index (χ0n) is 12.0. The van der Waals surface area contributed by atoms with Gasteiger partial charge in [0.15, 0.2) is 0 Å². The maximum Gasteiger partial charge on any atom is 0.0988 e. The molecule has 2 heterocycles. The Balaban J connectivity index is 2.12. The van der Waals surface area contributed by atoms with Crippen LogP contribution in [-0.4, -0.2) is 16.5 Å². The quantitative estimate of drug-likeness (QED) is 0.920. The number of hydrogen-bond acceptors (Lipinski definition) is 4. The van der Waals surface area contributed by atoms with Gasteiger partial charge in [-0.2, -0.15) is 0 Å². The second kappa shape index (κ2) is 5.70. The Morgan fingerprint density at radius 1 is 1.32 bits per heavy atom. The first-order chi connectivity index (χ1) is 8.99. The molecule has 0 amide bonds. The fraction of sp³-hybridized carbons (Fsp3) is 0.467. The van der Waals surface area contributed by atoms with Crippen LogP contribution in [0.5, 0.6) is 0 Å². The van der Waals surface area contributed by atoms with Gasteiger partial charge >= 0.3 is 0 Å². The SMILES string of the molecule is CCNc1ccnc(Cc2nc(C(C)(C)C)cs2)c1. The topological polar surface area (TPSA) is 37.8 Å². The first kappa shape index (κ1) is 14.0. The lowest BCUT2D eigenvalue weighted by Crippen LogP contribution is -2.11. The zero-order chi connectivity index (χ0) is 13.9. The highest BCUT2D eigenvalue weighted by Gasteiger charge is 2.17. The summed E-state index contributed by atoms with van der Waals surface area (Å²) in [5, 5.41) is 6.59. The number of nitrogens with one attached hydrogen (secondary N) is 1. The van der Waals surface area contributed by atoms with E-state index in [1.54, 1.807) is 11.3 Å². The molecule has 0 saturated carbocycles. The van der Waals surface area contributed by atoms with Crippen molar-refractivity contribution in [3.8, 4) is 0 Å². The molecule has 0 unspecified atom stereocenters. The molecule has 0 spiro atoms. The van der Waals surface area contributed by atoms with E-state index in [0.717, 1.165) is 35.0 Å². The number of thiazole rings is 1. The summed E-state index contributed by atoms with van der Waals surface area (Å²) in [6.45, 7) is 9.59. The van der Waals surface area contributed by atoms with Crippen LogP contribution in [0.3, 0.4) is 0 Å². The first-order valence-corrected chi connectivity index (χ1v) is 7.50. The van der Waals surface area contributed by atoms with Crippen LogP contribution < -0.4 is 5.32 Å². The lowest BCUT2D eigenvalue weighted by Gasteiger charge is -2.14. The van der Waals surface area contributed by atoms with Crippen molar-refractivity contribution < 1.29 is 0 Å². The van der Waals surface area contributed by atoms with E-state index < -0.39 is 0 Å². The molecule has 102 valence electrons. The van der Waals surface area contributed by atoms with Crippen LogP contribution in [-0.2, 0) is 11.8 Å². The summed E-state index contributed by atoms with van der Waals surface area (Å²) >= 11 is 1.72. The van der Waals surface area contributed by atoms with E-state index in [2.05, 4.69) is 49.4 Å². The molecule has 0 radical (unpaired) electrons. The van der Waals surface area contributed by atoms with Gasteiger partial charge in [0.05, 0.1) is 10.7 Å². The molecule has 2 rings (SSSR count). The van der Waals surface area contributed by atoms with E-state index >= 15 is 0 Å². The van der Waals surface area contributed by atoms with Crippen molar-refractivity contribution in [2.45, 2.75) is 39.5 Å². The van der Waals surface area contributed by atoms with E-state index in [4.69, 9.17) is 4.98 Å². The van der Waals surface area contributed by atoms with Crippen LogP contribution in [0.2, 0.25) is 0 Å². The zero-order valence-corrected chi connectivity index (χ0v) is 12.8. The van der Waals surface area contributed by atoms with Crippen molar-refractivity contribution in [1.29, 1.82) is 0 Å². The molecule has 0 bridgehead atoms. The fourth-order valence-electron chi connectivity index (χ4n) is 1.78. The van der Waals surface area contributed by atoms with Crippen LogP contribution in [0.4, 0.5) is 5.69 Å². The molecule has 0 aliphatic heterocycles. The minimum atomic E-state index is 0.119. The Morgan fingerprint density at radius 2 is 2.11 bits per heavy atom. The number of aromatic nitrogens is 2. The van der Waals surface area contributed by atoms with Gasteiger partial charge in [-0.1, -0.05) is 20.8 Å². The van der Waals surface area contributed by atoms with Gasteiger partial charge in [-0.05, 0) is 19.1 Å². The molecule has 0 aliphatic rings. The van der Waals surface area contributed by atoms with Crippen LogP contribution in [0.15, 0.2) is 23.7 Å². The smallest absolute Gasteiger partial charge is 0.0988 e. The molecule has 3 nitrogen and oxygen atoms in total. The highest BCUT2D eigenvalue weighted by atomic mass is 32.1. The summed E-state index contributed by atoms with van der Waals surface area (Å²) in [6.07, 6.45) is 2.66. The van der Waals surface area contributed by atoms with Crippen LogP contribution in [0, 0.1) is 0 Å². The number of pyridine rings is 1. The van der Waals surface area contributed by atoms with Gasteiger partial charge in [0.25, 0.3) is 0 Å². The molecule has 0 aromatic carbocycles. The third kappa shape index (κ3) is 3.77. The van der Waals surface area contributed by atoms with Crippen molar-refractivity contribution in [3.05, 3.63) is 40.1 Å². The minimum absolute atomic E-state index is 0.119. The maximum absolute atomic E-state index is 4.71. The van der Waals surface area contributed by atoms with Gasteiger partial charge in [-0.3, -0.25) is 4.98 Å². The molecule has 1 N–H and O–H groups in total. The van der Waals surface area contributed by atoms with E-state index in [0.29, 0.717) is 0 Å². The summed E-state index contributed by atoms with van der Waals surface area (Å²) in [5.74, 6) is 0. The number of nitrogens with zero attached hydrogens (tertiary/aromatic N) is 2. The van der Waals surface area contributed by atoms with E-state index in [-0.39, 0.29) is 5.41 Å². The normalized spacial score (nSPS) is 11.6.